The summed E-state index contributed by atoms with van der Waals surface area (Å²) in [6, 6.07) is 19.9. The zero-order valence-corrected chi connectivity index (χ0v) is 13.9. The topological polar surface area (TPSA) is 47.6 Å². The van der Waals surface area contributed by atoms with E-state index >= 15 is 0 Å². The molecular formula is C20H23NO3. The molecule has 4 nitrogen and oxygen atoms in total. The van der Waals surface area contributed by atoms with Gasteiger partial charge < -0.3 is 14.8 Å². The summed E-state index contributed by atoms with van der Waals surface area (Å²) in [6.45, 7) is 3.07. The molecule has 1 heterocycles. The third-order valence-electron chi connectivity index (χ3n) is 4.28. The Balaban J connectivity index is 1.69. The lowest BCUT2D eigenvalue weighted by atomic mass is 9.98. The minimum Gasteiger partial charge on any atom is -0.348 e. The number of hydrogen-bond donors (Lipinski definition) is 1. The molecular weight excluding hydrogens is 302 g/mol. The van der Waals surface area contributed by atoms with Crippen LogP contribution in [0.4, 0.5) is 0 Å². The highest BCUT2D eigenvalue weighted by Gasteiger charge is 2.31. The molecule has 4 heteroatoms. The lowest BCUT2D eigenvalue weighted by molar-refractivity contribution is -0.152. The number of carbonyl (C=O) groups excluding carboxylic acids is 1. The lowest BCUT2D eigenvalue weighted by Gasteiger charge is -2.23. The highest BCUT2D eigenvalue weighted by Crippen LogP contribution is 2.25. The van der Waals surface area contributed by atoms with Crippen molar-refractivity contribution >= 4 is 5.91 Å². The summed E-state index contributed by atoms with van der Waals surface area (Å²) in [7, 11) is 0. The van der Waals surface area contributed by atoms with E-state index in [0.29, 0.717) is 26.1 Å². The van der Waals surface area contributed by atoms with Crippen LogP contribution in [0.3, 0.4) is 0 Å². The molecule has 0 aliphatic carbocycles. The highest BCUT2D eigenvalue weighted by molar-refractivity contribution is 5.77. The fraction of sp³-hybridized carbons (Fsp3) is 0.350. The predicted octanol–water partition coefficient (Wildman–Crippen LogP) is 3.44. The van der Waals surface area contributed by atoms with Crippen molar-refractivity contribution in [2.75, 3.05) is 13.2 Å². The molecule has 0 spiro atoms. The summed E-state index contributed by atoms with van der Waals surface area (Å²) in [6.07, 6.45) is 0.918. The number of nitrogens with one attached hydrogen (secondary N) is 1. The molecule has 1 N–H and O–H groups in total. The van der Waals surface area contributed by atoms with Gasteiger partial charge >= 0.3 is 0 Å². The maximum atomic E-state index is 12.5. The lowest BCUT2D eigenvalue weighted by Crippen LogP contribution is -2.32. The molecule has 1 fully saturated rings. The van der Waals surface area contributed by atoms with Crippen LogP contribution in [-0.2, 0) is 14.3 Å². The molecule has 0 bridgehead atoms. The first-order valence-corrected chi connectivity index (χ1v) is 8.33. The molecule has 0 saturated carbocycles. The van der Waals surface area contributed by atoms with E-state index in [0.717, 1.165) is 11.1 Å². The third kappa shape index (κ3) is 4.22. The number of carbonyl (C=O) groups is 1. The third-order valence-corrected chi connectivity index (χ3v) is 4.28. The van der Waals surface area contributed by atoms with Gasteiger partial charge in [0.2, 0.25) is 5.91 Å². The summed E-state index contributed by atoms with van der Waals surface area (Å²) >= 11 is 0. The molecule has 2 aromatic carbocycles. The summed E-state index contributed by atoms with van der Waals surface area (Å²) in [4.78, 5) is 12.5. The van der Waals surface area contributed by atoms with Crippen LogP contribution in [0.5, 0.6) is 0 Å². The summed E-state index contributed by atoms with van der Waals surface area (Å²) < 4.78 is 11.1. The molecule has 1 saturated heterocycles. The minimum atomic E-state index is -0.633. The number of amides is 1. The van der Waals surface area contributed by atoms with Crippen molar-refractivity contribution in [3.05, 3.63) is 71.8 Å². The van der Waals surface area contributed by atoms with Crippen LogP contribution in [-0.4, -0.2) is 24.9 Å². The maximum Gasteiger partial charge on any atom is 0.220 e. The van der Waals surface area contributed by atoms with Gasteiger partial charge in [0.15, 0.2) is 5.79 Å². The van der Waals surface area contributed by atoms with Gasteiger partial charge in [-0.05, 0) is 18.1 Å². The van der Waals surface area contributed by atoms with Crippen molar-refractivity contribution in [3.63, 3.8) is 0 Å². The Morgan fingerprint density at radius 2 is 1.50 bits per heavy atom. The Hall–Kier alpha value is -2.17. The molecule has 0 radical (unpaired) electrons. The van der Waals surface area contributed by atoms with Gasteiger partial charge in [-0.2, -0.15) is 0 Å². The normalized spacial score (nSPS) is 16.2. The van der Waals surface area contributed by atoms with Gasteiger partial charge in [0, 0.05) is 12.8 Å². The van der Waals surface area contributed by atoms with Gasteiger partial charge in [-0.1, -0.05) is 60.7 Å². The first-order valence-electron chi connectivity index (χ1n) is 8.33. The molecule has 1 amide bonds. The van der Waals surface area contributed by atoms with Crippen molar-refractivity contribution in [2.45, 2.75) is 31.6 Å². The number of ether oxygens (including phenoxy) is 2. The van der Waals surface area contributed by atoms with Crippen LogP contribution < -0.4 is 5.32 Å². The second kappa shape index (κ2) is 7.60. The van der Waals surface area contributed by atoms with Gasteiger partial charge in [0.25, 0.3) is 0 Å². The van der Waals surface area contributed by atoms with Crippen LogP contribution in [0, 0.1) is 0 Å². The van der Waals surface area contributed by atoms with Crippen molar-refractivity contribution < 1.29 is 14.3 Å². The highest BCUT2D eigenvalue weighted by atomic mass is 16.7. The molecule has 0 aromatic heterocycles. The zero-order chi connectivity index (χ0) is 16.8. The Morgan fingerprint density at radius 3 is 2.00 bits per heavy atom. The van der Waals surface area contributed by atoms with E-state index in [2.05, 4.69) is 5.32 Å². The van der Waals surface area contributed by atoms with E-state index in [1.165, 1.54) is 0 Å². The van der Waals surface area contributed by atoms with E-state index in [1.807, 2.05) is 67.6 Å². The van der Waals surface area contributed by atoms with Crippen molar-refractivity contribution in [3.8, 4) is 0 Å². The van der Waals surface area contributed by atoms with E-state index in [9.17, 15) is 4.79 Å². The van der Waals surface area contributed by atoms with Crippen molar-refractivity contribution in [1.82, 2.24) is 5.32 Å². The fourth-order valence-electron chi connectivity index (χ4n) is 2.92. The number of rotatable bonds is 6. The SMILES string of the molecule is CC1(CCC(=O)NC(c2ccccc2)c2ccccc2)OCCO1. The predicted molar refractivity (Wildman–Crippen MR) is 92.4 cm³/mol. The molecule has 126 valence electrons. The zero-order valence-electron chi connectivity index (χ0n) is 13.9. The molecule has 0 unspecified atom stereocenters. The van der Waals surface area contributed by atoms with Crippen molar-refractivity contribution in [1.29, 1.82) is 0 Å². The van der Waals surface area contributed by atoms with Crippen LogP contribution in [0.15, 0.2) is 60.7 Å². The van der Waals surface area contributed by atoms with Crippen LogP contribution in [0.25, 0.3) is 0 Å². The monoisotopic (exact) mass is 325 g/mol. The van der Waals surface area contributed by atoms with Gasteiger partial charge in [-0.25, -0.2) is 0 Å². The maximum absolute atomic E-state index is 12.5. The quantitative estimate of drug-likeness (QED) is 0.885. The summed E-state index contributed by atoms with van der Waals surface area (Å²) in [5.41, 5.74) is 2.13. The first kappa shape index (κ1) is 16.7. The van der Waals surface area contributed by atoms with E-state index in [1.54, 1.807) is 0 Å². The number of hydrogen-bond acceptors (Lipinski definition) is 3. The second-order valence-electron chi connectivity index (χ2n) is 6.15. The molecule has 1 aliphatic heterocycles. The van der Waals surface area contributed by atoms with Gasteiger partial charge in [0.1, 0.15) is 0 Å². The van der Waals surface area contributed by atoms with E-state index in [-0.39, 0.29) is 11.9 Å². The molecule has 3 rings (SSSR count). The van der Waals surface area contributed by atoms with E-state index < -0.39 is 5.79 Å². The Kier molecular flexibility index (Phi) is 5.28. The second-order valence-corrected chi connectivity index (χ2v) is 6.15. The largest absolute Gasteiger partial charge is 0.348 e. The fourth-order valence-corrected chi connectivity index (χ4v) is 2.92. The average Bonchev–Trinajstić information content (AvgIpc) is 3.06. The smallest absolute Gasteiger partial charge is 0.220 e. The van der Waals surface area contributed by atoms with Crippen LogP contribution >= 0.6 is 0 Å². The minimum absolute atomic E-state index is 0.00645. The average molecular weight is 325 g/mol. The Labute approximate surface area is 142 Å². The van der Waals surface area contributed by atoms with E-state index in [4.69, 9.17) is 9.47 Å². The van der Waals surface area contributed by atoms with Gasteiger partial charge in [-0.3, -0.25) is 4.79 Å². The number of benzene rings is 2. The van der Waals surface area contributed by atoms with Crippen molar-refractivity contribution in [2.24, 2.45) is 0 Å². The first-order chi connectivity index (χ1) is 11.7. The van der Waals surface area contributed by atoms with Crippen LogP contribution in [0.2, 0.25) is 0 Å². The Bertz CT molecular complexity index is 612. The molecule has 24 heavy (non-hydrogen) atoms. The molecule has 0 atom stereocenters. The van der Waals surface area contributed by atoms with Gasteiger partial charge in [0.05, 0.1) is 19.3 Å². The molecule has 2 aromatic rings. The summed E-state index contributed by atoms with van der Waals surface area (Å²) in [5.74, 6) is -0.639. The Morgan fingerprint density at radius 1 is 1.00 bits per heavy atom. The molecule has 1 aliphatic rings. The summed E-state index contributed by atoms with van der Waals surface area (Å²) in [5, 5.41) is 3.14. The van der Waals surface area contributed by atoms with Crippen LogP contribution in [0.1, 0.15) is 36.9 Å². The van der Waals surface area contributed by atoms with Gasteiger partial charge in [-0.15, -0.1) is 0 Å². The standard InChI is InChI=1S/C20H23NO3/c1-20(23-14-15-24-20)13-12-18(22)21-19(16-8-4-2-5-9-16)17-10-6-3-7-11-17/h2-11,19H,12-15H2,1H3,(H,21,22).